The Bertz CT molecular complexity index is 246. The number of nitrogens with one attached hydrogen (secondary N) is 1. The van der Waals surface area contributed by atoms with Crippen molar-refractivity contribution in [2.75, 3.05) is 12.8 Å². The van der Waals surface area contributed by atoms with Crippen molar-refractivity contribution in [1.29, 1.82) is 0 Å². The Kier molecular flexibility index (Phi) is 3.00. The molecule has 0 bridgehead atoms. The third-order valence-corrected chi connectivity index (χ3v) is 2.14. The van der Waals surface area contributed by atoms with Crippen LogP contribution in [0.4, 0.5) is 0 Å². The second-order valence-electron chi connectivity index (χ2n) is 2.14. The molecule has 0 aliphatic carbocycles. The molecule has 0 spiro atoms. The van der Waals surface area contributed by atoms with E-state index >= 15 is 0 Å². The molecule has 1 aliphatic heterocycles. The van der Waals surface area contributed by atoms with E-state index in [0.29, 0.717) is 6.54 Å². The molecule has 0 radical (unpaired) electrons. The molecule has 0 aromatic carbocycles. The van der Waals surface area contributed by atoms with Gasteiger partial charge in [-0.2, -0.15) is 5.10 Å². The molecule has 0 saturated heterocycles. The highest BCUT2D eigenvalue weighted by atomic mass is 32.2. The van der Waals surface area contributed by atoms with Crippen LogP contribution in [0.1, 0.15) is 0 Å². The maximum atomic E-state index is 10.8. The SMILES string of the molecule is C#CCN1N=CC(=O)NC1SC. The number of thioether (sulfide) groups is 1. The molecule has 12 heavy (non-hydrogen) atoms. The van der Waals surface area contributed by atoms with Gasteiger partial charge in [0.25, 0.3) is 5.91 Å². The van der Waals surface area contributed by atoms with E-state index in [9.17, 15) is 4.79 Å². The Balaban J connectivity index is 2.65. The molecule has 1 aliphatic rings. The number of carbonyl (C=O) groups is 1. The summed E-state index contributed by atoms with van der Waals surface area (Å²) < 4.78 is 0. The number of hydrogen-bond donors (Lipinski definition) is 1. The van der Waals surface area contributed by atoms with Crippen LogP contribution in [0.25, 0.3) is 0 Å². The van der Waals surface area contributed by atoms with Gasteiger partial charge in [-0.3, -0.25) is 9.80 Å². The van der Waals surface area contributed by atoms with Gasteiger partial charge in [0.15, 0.2) is 5.50 Å². The van der Waals surface area contributed by atoms with E-state index in [0.717, 1.165) is 0 Å². The normalized spacial score (nSPS) is 21.8. The van der Waals surface area contributed by atoms with Crippen molar-refractivity contribution >= 4 is 23.9 Å². The van der Waals surface area contributed by atoms with Crippen LogP contribution in [0, 0.1) is 12.3 Å². The van der Waals surface area contributed by atoms with Gasteiger partial charge in [-0.1, -0.05) is 5.92 Å². The zero-order valence-electron chi connectivity index (χ0n) is 6.65. The molecular formula is C7H9N3OS. The molecule has 0 aromatic heterocycles. The first kappa shape index (κ1) is 8.94. The number of terminal acetylenes is 1. The molecule has 0 fully saturated rings. The highest BCUT2D eigenvalue weighted by Crippen LogP contribution is 2.11. The van der Waals surface area contributed by atoms with Gasteiger partial charge in [0.05, 0.1) is 6.54 Å². The minimum atomic E-state index is -0.178. The van der Waals surface area contributed by atoms with E-state index in [4.69, 9.17) is 6.42 Å². The third-order valence-electron chi connectivity index (χ3n) is 1.34. The quantitative estimate of drug-likeness (QED) is 0.597. The first-order chi connectivity index (χ1) is 5.77. The van der Waals surface area contributed by atoms with Crippen LogP contribution in [0.5, 0.6) is 0 Å². The molecule has 1 heterocycles. The van der Waals surface area contributed by atoms with Crippen LogP contribution in [0.2, 0.25) is 0 Å². The van der Waals surface area contributed by atoms with Crippen LogP contribution in [0.15, 0.2) is 5.10 Å². The average Bonchev–Trinajstić information content (AvgIpc) is 2.08. The molecule has 1 rings (SSSR count). The van der Waals surface area contributed by atoms with Crippen LogP contribution in [-0.4, -0.2) is 35.4 Å². The number of carbonyl (C=O) groups excluding carboxylic acids is 1. The molecular weight excluding hydrogens is 174 g/mol. The summed E-state index contributed by atoms with van der Waals surface area (Å²) in [5.74, 6) is 2.29. The Labute approximate surface area is 75.4 Å². The van der Waals surface area contributed by atoms with Crippen LogP contribution >= 0.6 is 11.8 Å². The van der Waals surface area contributed by atoms with Gasteiger partial charge in [-0.15, -0.1) is 18.2 Å². The fraction of sp³-hybridized carbons (Fsp3) is 0.429. The number of nitrogens with zero attached hydrogens (tertiary/aromatic N) is 2. The third kappa shape index (κ3) is 1.92. The van der Waals surface area contributed by atoms with Gasteiger partial charge in [-0.25, -0.2) is 0 Å². The first-order valence-corrected chi connectivity index (χ1v) is 4.64. The molecule has 1 N–H and O–H groups in total. The maximum absolute atomic E-state index is 10.8. The largest absolute Gasteiger partial charge is 0.321 e. The van der Waals surface area contributed by atoms with Crippen molar-refractivity contribution in [1.82, 2.24) is 10.3 Å². The van der Waals surface area contributed by atoms with E-state index in [1.165, 1.54) is 18.0 Å². The molecule has 4 nitrogen and oxygen atoms in total. The van der Waals surface area contributed by atoms with Crippen LogP contribution < -0.4 is 5.32 Å². The van der Waals surface area contributed by atoms with E-state index in [-0.39, 0.29) is 11.4 Å². The van der Waals surface area contributed by atoms with Crippen molar-refractivity contribution in [2.45, 2.75) is 5.50 Å². The second kappa shape index (κ2) is 4.02. The summed E-state index contributed by atoms with van der Waals surface area (Å²) in [7, 11) is 0. The molecule has 0 aromatic rings. The van der Waals surface area contributed by atoms with E-state index < -0.39 is 0 Å². The molecule has 64 valence electrons. The molecule has 1 amide bonds. The lowest BCUT2D eigenvalue weighted by atomic mass is 10.6. The van der Waals surface area contributed by atoms with Crippen molar-refractivity contribution in [3.05, 3.63) is 0 Å². The van der Waals surface area contributed by atoms with Gasteiger partial charge in [0.2, 0.25) is 0 Å². The number of rotatable bonds is 2. The zero-order chi connectivity index (χ0) is 8.97. The summed E-state index contributed by atoms with van der Waals surface area (Å²) in [4.78, 5) is 10.8. The average molecular weight is 183 g/mol. The van der Waals surface area contributed by atoms with E-state index in [1.54, 1.807) is 5.01 Å². The monoisotopic (exact) mass is 183 g/mol. The van der Waals surface area contributed by atoms with Gasteiger partial charge in [0.1, 0.15) is 6.21 Å². The van der Waals surface area contributed by atoms with Crippen LogP contribution in [0.3, 0.4) is 0 Å². The fourth-order valence-corrected chi connectivity index (χ4v) is 1.42. The lowest BCUT2D eigenvalue weighted by Gasteiger charge is -2.28. The summed E-state index contributed by atoms with van der Waals surface area (Å²) in [6, 6.07) is 0. The van der Waals surface area contributed by atoms with Crippen molar-refractivity contribution in [3.63, 3.8) is 0 Å². The summed E-state index contributed by atoms with van der Waals surface area (Å²) in [5, 5.41) is 8.24. The van der Waals surface area contributed by atoms with Crippen molar-refractivity contribution < 1.29 is 4.79 Å². The van der Waals surface area contributed by atoms with Crippen molar-refractivity contribution in [3.8, 4) is 12.3 Å². The first-order valence-electron chi connectivity index (χ1n) is 3.35. The fourth-order valence-electron chi connectivity index (χ4n) is 0.818. The summed E-state index contributed by atoms with van der Waals surface area (Å²) in [5.41, 5.74) is -0.140. The maximum Gasteiger partial charge on any atom is 0.266 e. The Morgan fingerprint density at radius 3 is 3.33 bits per heavy atom. The lowest BCUT2D eigenvalue weighted by Crippen LogP contribution is -2.48. The van der Waals surface area contributed by atoms with Crippen LogP contribution in [-0.2, 0) is 4.79 Å². The van der Waals surface area contributed by atoms with Gasteiger partial charge >= 0.3 is 0 Å². The van der Waals surface area contributed by atoms with Gasteiger partial charge < -0.3 is 5.32 Å². The highest BCUT2D eigenvalue weighted by Gasteiger charge is 2.20. The number of hydrazone groups is 1. The van der Waals surface area contributed by atoms with E-state index in [1.807, 2.05) is 6.26 Å². The summed E-state index contributed by atoms with van der Waals surface area (Å²) in [6.07, 6.45) is 8.23. The Hall–Kier alpha value is -1.15. The van der Waals surface area contributed by atoms with Gasteiger partial charge in [0, 0.05) is 0 Å². The second-order valence-corrected chi connectivity index (χ2v) is 3.06. The highest BCUT2D eigenvalue weighted by molar-refractivity contribution is 7.99. The molecule has 0 saturated carbocycles. The summed E-state index contributed by atoms with van der Waals surface area (Å²) in [6.45, 7) is 0.405. The smallest absolute Gasteiger partial charge is 0.266 e. The number of hydrogen-bond acceptors (Lipinski definition) is 4. The summed E-state index contributed by atoms with van der Waals surface area (Å²) >= 11 is 1.48. The molecule has 1 atom stereocenters. The molecule has 1 unspecified atom stereocenters. The Morgan fingerprint density at radius 1 is 2.00 bits per heavy atom. The van der Waals surface area contributed by atoms with E-state index in [2.05, 4.69) is 16.3 Å². The van der Waals surface area contributed by atoms with Crippen molar-refractivity contribution in [2.24, 2.45) is 5.10 Å². The predicted molar refractivity (Wildman–Crippen MR) is 49.5 cm³/mol. The zero-order valence-corrected chi connectivity index (χ0v) is 7.47. The topological polar surface area (TPSA) is 44.7 Å². The van der Waals surface area contributed by atoms with Gasteiger partial charge in [-0.05, 0) is 6.26 Å². The lowest BCUT2D eigenvalue weighted by molar-refractivity contribution is -0.116. The predicted octanol–water partition coefficient (Wildman–Crippen LogP) is -0.316. The minimum Gasteiger partial charge on any atom is -0.321 e. The molecule has 5 heteroatoms. The number of amides is 1. The Morgan fingerprint density at radius 2 is 2.75 bits per heavy atom. The minimum absolute atomic E-state index is 0.140. The standard InChI is InChI=1S/C7H9N3OS/c1-3-4-10-7(12-2)9-6(11)5-8-10/h1,5,7H,4H2,2H3,(H,9,11).